The minimum atomic E-state index is -0.701. The minimum Gasteiger partial charge on any atom is -0.468 e. The standard InChI is InChI=1S/C13H11F2N3O/c1-6-12-7(2)17-13(19-3)18(12)10-5-8(14)4-9(15)11(10)16-6/h4-5H,1-3H3. The molecular formula is C13H11F2N3O. The van der Waals surface area contributed by atoms with Crippen molar-refractivity contribution in [3.63, 3.8) is 0 Å². The summed E-state index contributed by atoms with van der Waals surface area (Å²) < 4.78 is 34.0. The molecule has 0 aliphatic carbocycles. The number of aromatic nitrogens is 3. The van der Waals surface area contributed by atoms with E-state index in [0.29, 0.717) is 22.4 Å². The van der Waals surface area contributed by atoms with Gasteiger partial charge in [-0.15, -0.1) is 0 Å². The minimum absolute atomic E-state index is 0.0992. The summed E-state index contributed by atoms with van der Waals surface area (Å²) in [7, 11) is 1.46. The number of imidazole rings is 1. The zero-order chi connectivity index (χ0) is 13.7. The Balaban J connectivity index is 2.64. The van der Waals surface area contributed by atoms with E-state index in [1.165, 1.54) is 13.2 Å². The lowest BCUT2D eigenvalue weighted by Crippen LogP contribution is -2.00. The van der Waals surface area contributed by atoms with Crippen molar-refractivity contribution >= 4 is 16.6 Å². The summed E-state index contributed by atoms with van der Waals surface area (Å²) in [4.78, 5) is 8.43. The average Bonchev–Trinajstić information content (AvgIpc) is 2.69. The summed E-state index contributed by atoms with van der Waals surface area (Å²) >= 11 is 0. The molecule has 0 spiro atoms. The van der Waals surface area contributed by atoms with Crippen molar-refractivity contribution in [3.8, 4) is 6.01 Å². The van der Waals surface area contributed by atoms with Crippen molar-refractivity contribution < 1.29 is 13.5 Å². The number of halogens is 2. The van der Waals surface area contributed by atoms with Crippen LogP contribution in [0, 0.1) is 25.5 Å². The second-order valence-electron chi connectivity index (χ2n) is 4.32. The van der Waals surface area contributed by atoms with Crippen LogP contribution in [0.15, 0.2) is 12.1 Å². The Hall–Kier alpha value is -2.24. The Morgan fingerprint density at radius 3 is 2.47 bits per heavy atom. The van der Waals surface area contributed by atoms with Gasteiger partial charge in [-0.1, -0.05) is 0 Å². The van der Waals surface area contributed by atoms with E-state index in [0.717, 1.165) is 6.07 Å². The zero-order valence-corrected chi connectivity index (χ0v) is 10.7. The Kier molecular flexibility index (Phi) is 2.41. The highest BCUT2D eigenvalue weighted by Gasteiger charge is 2.17. The van der Waals surface area contributed by atoms with Gasteiger partial charge in [0.05, 0.1) is 29.5 Å². The lowest BCUT2D eigenvalue weighted by Gasteiger charge is -2.08. The summed E-state index contributed by atoms with van der Waals surface area (Å²) in [6.45, 7) is 3.56. The maximum absolute atomic E-state index is 13.8. The van der Waals surface area contributed by atoms with Crippen molar-refractivity contribution in [2.24, 2.45) is 0 Å². The lowest BCUT2D eigenvalue weighted by atomic mass is 10.2. The monoisotopic (exact) mass is 263 g/mol. The topological polar surface area (TPSA) is 39.4 Å². The van der Waals surface area contributed by atoms with Gasteiger partial charge in [-0.25, -0.2) is 13.8 Å². The summed E-state index contributed by atoms with van der Waals surface area (Å²) in [6, 6.07) is 2.33. The number of fused-ring (bicyclic) bond motifs is 3. The van der Waals surface area contributed by atoms with Gasteiger partial charge in [-0.2, -0.15) is 4.98 Å². The molecule has 0 aliphatic heterocycles. The molecule has 1 aromatic carbocycles. The molecule has 4 nitrogen and oxygen atoms in total. The van der Waals surface area contributed by atoms with Crippen LogP contribution in [-0.4, -0.2) is 21.5 Å². The molecule has 0 saturated carbocycles. The van der Waals surface area contributed by atoms with E-state index in [4.69, 9.17) is 4.74 Å². The van der Waals surface area contributed by atoms with E-state index in [2.05, 4.69) is 9.97 Å². The van der Waals surface area contributed by atoms with Crippen LogP contribution in [0.4, 0.5) is 8.78 Å². The van der Waals surface area contributed by atoms with Crippen LogP contribution in [0.5, 0.6) is 6.01 Å². The van der Waals surface area contributed by atoms with Crippen LogP contribution < -0.4 is 4.74 Å². The molecule has 2 heterocycles. The van der Waals surface area contributed by atoms with Crippen LogP contribution in [-0.2, 0) is 0 Å². The first-order valence-electron chi connectivity index (χ1n) is 5.71. The van der Waals surface area contributed by atoms with Crippen LogP contribution in [0.25, 0.3) is 16.6 Å². The first kappa shape index (κ1) is 11.8. The predicted molar refractivity (Wildman–Crippen MR) is 66.4 cm³/mol. The zero-order valence-electron chi connectivity index (χ0n) is 10.7. The molecule has 0 radical (unpaired) electrons. The number of nitrogens with zero attached hydrogens (tertiary/aromatic N) is 3. The normalized spacial score (nSPS) is 11.4. The quantitative estimate of drug-likeness (QED) is 0.677. The SMILES string of the molecule is COc1nc(C)c2c(C)nc3c(F)cc(F)cc3n12. The van der Waals surface area contributed by atoms with Gasteiger partial charge in [0.25, 0.3) is 0 Å². The average molecular weight is 263 g/mol. The van der Waals surface area contributed by atoms with Crippen LogP contribution in [0.1, 0.15) is 11.4 Å². The van der Waals surface area contributed by atoms with Gasteiger partial charge < -0.3 is 4.74 Å². The van der Waals surface area contributed by atoms with Gasteiger partial charge in [0.1, 0.15) is 11.3 Å². The van der Waals surface area contributed by atoms with Crippen molar-refractivity contribution in [3.05, 3.63) is 35.2 Å². The van der Waals surface area contributed by atoms with Crippen molar-refractivity contribution in [1.82, 2.24) is 14.4 Å². The molecule has 19 heavy (non-hydrogen) atoms. The Morgan fingerprint density at radius 1 is 1.11 bits per heavy atom. The van der Waals surface area contributed by atoms with Crippen LogP contribution in [0.2, 0.25) is 0 Å². The van der Waals surface area contributed by atoms with E-state index in [-0.39, 0.29) is 11.5 Å². The van der Waals surface area contributed by atoms with E-state index in [9.17, 15) is 8.78 Å². The molecule has 0 aliphatic rings. The number of aryl methyl sites for hydroxylation is 2. The molecule has 0 amide bonds. The number of benzene rings is 1. The summed E-state index contributed by atoms with van der Waals surface area (Å²) in [5.41, 5.74) is 2.42. The fourth-order valence-electron chi connectivity index (χ4n) is 2.34. The summed E-state index contributed by atoms with van der Waals surface area (Å²) in [5, 5.41) is 0. The van der Waals surface area contributed by atoms with Gasteiger partial charge in [0, 0.05) is 12.1 Å². The fraction of sp³-hybridized carbons (Fsp3) is 0.231. The van der Waals surface area contributed by atoms with E-state index in [1.807, 2.05) is 0 Å². The molecule has 6 heteroatoms. The van der Waals surface area contributed by atoms with E-state index >= 15 is 0 Å². The van der Waals surface area contributed by atoms with Gasteiger partial charge in [0.15, 0.2) is 5.82 Å². The van der Waals surface area contributed by atoms with Crippen LogP contribution >= 0.6 is 0 Å². The van der Waals surface area contributed by atoms with Crippen molar-refractivity contribution in [2.45, 2.75) is 13.8 Å². The first-order valence-corrected chi connectivity index (χ1v) is 5.71. The molecule has 0 N–H and O–H groups in total. The maximum atomic E-state index is 13.8. The number of methoxy groups -OCH3 is 1. The summed E-state index contributed by atoms with van der Waals surface area (Å²) in [5.74, 6) is -1.36. The summed E-state index contributed by atoms with van der Waals surface area (Å²) in [6.07, 6.45) is 0. The molecule has 3 rings (SSSR count). The second-order valence-corrected chi connectivity index (χ2v) is 4.32. The highest BCUT2D eigenvalue weighted by Crippen LogP contribution is 2.27. The molecule has 98 valence electrons. The van der Waals surface area contributed by atoms with Crippen molar-refractivity contribution in [2.75, 3.05) is 7.11 Å². The fourth-order valence-corrected chi connectivity index (χ4v) is 2.34. The lowest BCUT2D eigenvalue weighted by molar-refractivity contribution is 0.379. The van der Waals surface area contributed by atoms with Gasteiger partial charge in [-0.05, 0) is 13.8 Å². The number of rotatable bonds is 1. The number of ether oxygens (including phenoxy) is 1. The number of hydrogen-bond acceptors (Lipinski definition) is 3. The van der Waals surface area contributed by atoms with Gasteiger partial charge in [-0.3, -0.25) is 4.40 Å². The Morgan fingerprint density at radius 2 is 1.79 bits per heavy atom. The Labute approximate surface area is 107 Å². The third kappa shape index (κ3) is 1.56. The van der Waals surface area contributed by atoms with Gasteiger partial charge in [0.2, 0.25) is 0 Å². The first-order chi connectivity index (χ1) is 9.02. The molecular weight excluding hydrogens is 252 g/mol. The second kappa shape index (κ2) is 3.88. The third-order valence-corrected chi connectivity index (χ3v) is 3.07. The van der Waals surface area contributed by atoms with E-state index < -0.39 is 11.6 Å². The van der Waals surface area contributed by atoms with Crippen LogP contribution in [0.3, 0.4) is 0 Å². The largest absolute Gasteiger partial charge is 0.468 e. The molecule has 0 atom stereocenters. The smallest absolute Gasteiger partial charge is 0.301 e. The molecule has 0 saturated heterocycles. The van der Waals surface area contributed by atoms with Crippen molar-refractivity contribution in [1.29, 1.82) is 0 Å². The van der Waals surface area contributed by atoms with E-state index in [1.54, 1.807) is 18.2 Å². The molecule has 0 bridgehead atoms. The molecule has 3 aromatic rings. The highest BCUT2D eigenvalue weighted by atomic mass is 19.1. The van der Waals surface area contributed by atoms with Gasteiger partial charge >= 0.3 is 6.01 Å². The number of hydrogen-bond donors (Lipinski definition) is 0. The Bertz CT molecular complexity index is 811. The third-order valence-electron chi connectivity index (χ3n) is 3.07. The molecule has 0 fully saturated rings. The molecule has 0 unspecified atom stereocenters. The predicted octanol–water partition coefficient (Wildman–Crippen LogP) is 2.79. The highest BCUT2D eigenvalue weighted by molar-refractivity contribution is 5.81. The maximum Gasteiger partial charge on any atom is 0.301 e. The molecule has 2 aromatic heterocycles.